The van der Waals surface area contributed by atoms with Gasteiger partial charge in [-0.15, -0.1) is 0 Å². The average Bonchev–Trinajstić information content (AvgIpc) is 2.74. The number of hydrogen-bond donors (Lipinski definition) is 1. The SMILES string of the molecule is CCCNC(c1cc(C)oc1C)C1Cc2ccccc21. The minimum absolute atomic E-state index is 0.377. The lowest BCUT2D eigenvalue weighted by Crippen LogP contribution is -2.33. The summed E-state index contributed by atoms with van der Waals surface area (Å²) in [5.74, 6) is 2.64. The van der Waals surface area contributed by atoms with E-state index in [2.05, 4.69) is 49.5 Å². The second kappa shape index (κ2) is 5.45. The molecule has 106 valence electrons. The summed E-state index contributed by atoms with van der Waals surface area (Å²) >= 11 is 0. The van der Waals surface area contributed by atoms with Gasteiger partial charge in [0.25, 0.3) is 0 Å². The first-order chi connectivity index (χ1) is 9.70. The van der Waals surface area contributed by atoms with Crippen LogP contribution in [0.2, 0.25) is 0 Å². The molecule has 0 spiro atoms. The maximum absolute atomic E-state index is 5.74. The Kier molecular flexibility index (Phi) is 3.66. The molecule has 0 aliphatic heterocycles. The van der Waals surface area contributed by atoms with Crippen LogP contribution in [0.4, 0.5) is 0 Å². The first kappa shape index (κ1) is 13.4. The van der Waals surface area contributed by atoms with Gasteiger partial charge in [-0.3, -0.25) is 0 Å². The Morgan fingerprint density at radius 2 is 2.10 bits per heavy atom. The van der Waals surface area contributed by atoms with Gasteiger partial charge in [-0.2, -0.15) is 0 Å². The molecule has 0 fully saturated rings. The van der Waals surface area contributed by atoms with Crippen LogP contribution in [-0.4, -0.2) is 6.54 Å². The zero-order valence-electron chi connectivity index (χ0n) is 12.6. The lowest BCUT2D eigenvalue weighted by Gasteiger charge is -2.37. The predicted octanol–water partition coefficient (Wildman–Crippen LogP) is 4.28. The van der Waals surface area contributed by atoms with E-state index < -0.39 is 0 Å². The van der Waals surface area contributed by atoms with E-state index >= 15 is 0 Å². The van der Waals surface area contributed by atoms with Gasteiger partial charge in [0, 0.05) is 17.5 Å². The molecule has 1 aromatic heterocycles. The fourth-order valence-electron chi connectivity index (χ4n) is 3.32. The summed E-state index contributed by atoms with van der Waals surface area (Å²) in [5, 5.41) is 3.72. The van der Waals surface area contributed by atoms with E-state index in [0.29, 0.717) is 12.0 Å². The number of nitrogens with one attached hydrogen (secondary N) is 1. The van der Waals surface area contributed by atoms with E-state index in [-0.39, 0.29) is 0 Å². The molecule has 2 atom stereocenters. The number of furan rings is 1. The molecule has 2 nitrogen and oxygen atoms in total. The van der Waals surface area contributed by atoms with Crippen molar-refractivity contribution < 1.29 is 4.42 Å². The van der Waals surface area contributed by atoms with Crippen LogP contribution in [0.5, 0.6) is 0 Å². The molecule has 0 saturated heterocycles. The summed E-state index contributed by atoms with van der Waals surface area (Å²) < 4.78 is 5.74. The molecule has 1 aromatic carbocycles. The number of benzene rings is 1. The van der Waals surface area contributed by atoms with Gasteiger partial charge in [-0.25, -0.2) is 0 Å². The zero-order valence-corrected chi connectivity index (χ0v) is 12.6. The van der Waals surface area contributed by atoms with Gasteiger partial charge in [0.15, 0.2) is 0 Å². The Hall–Kier alpha value is -1.54. The summed E-state index contributed by atoms with van der Waals surface area (Å²) in [5.41, 5.74) is 4.33. The van der Waals surface area contributed by atoms with Gasteiger partial charge in [0.2, 0.25) is 0 Å². The van der Waals surface area contributed by atoms with Crippen molar-refractivity contribution in [3.63, 3.8) is 0 Å². The summed E-state index contributed by atoms with van der Waals surface area (Å²) in [6.07, 6.45) is 2.32. The molecular weight excluding hydrogens is 246 g/mol. The first-order valence-corrected chi connectivity index (χ1v) is 7.58. The summed E-state index contributed by atoms with van der Waals surface area (Å²) in [4.78, 5) is 0. The number of aryl methyl sites for hydroxylation is 2. The van der Waals surface area contributed by atoms with E-state index in [1.807, 2.05) is 6.92 Å². The maximum Gasteiger partial charge on any atom is 0.105 e. The Bertz CT molecular complexity index is 599. The van der Waals surface area contributed by atoms with E-state index in [1.165, 1.54) is 23.1 Å². The van der Waals surface area contributed by atoms with Gasteiger partial charge in [-0.05, 0) is 50.4 Å². The largest absolute Gasteiger partial charge is 0.466 e. The van der Waals surface area contributed by atoms with E-state index in [1.54, 1.807) is 0 Å². The summed E-state index contributed by atoms with van der Waals surface area (Å²) in [6, 6.07) is 11.4. The normalized spacial score (nSPS) is 18.4. The van der Waals surface area contributed by atoms with E-state index in [4.69, 9.17) is 4.42 Å². The van der Waals surface area contributed by atoms with Crippen LogP contribution in [0.1, 0.15) is 53.5 Å². The Morgan fingerprint density at radius 3 is 2.75 bits per heavy atom. The van der Waals surface area contributed by atoms with Crippen LogP contribution in [0.15, 0.2) is 34.7 Å². The van der Waals surface area contributed by atoms with Gasteiger partial charge < -0.3 is 9.73 Å². The van der Waals surface area contributed by atoms with Crippen LogP contribution < -0.4 is 5.32 Å². The molecule has 1 N–H and O–H groups in total. The van der Waals surface area contributed by atoms with Crippen molar-refractivity contribution in [3.05, 3.63) is 58.5 Å². The molecule has 2 unspecified atom stereocenters. The average molecular weight is 269 g/mol. The number of fused-ring (bicyclic) bond motifs is 1. The fraction of sp³-hybridized carbons (Fsp3) is 0.444. The fourth-order valence-corrected chi connectivity index (χ4v) is 3.32. The molecule has 20 heavy (non-hydrogen) atoms. The van der Waals surface area contributed by atoms with E-state index in [0.717, 1.165) is 24.5 Å². The molecule has 3 rings (SSSR count). The molecular formula is C18H23NO. The summed E-state index contributed by atoms with van der Waals surface area (Å²) in [6.45, 7) is 7.37. The molecule has 0 radical (unpaired) electrons. The van der Waals surface area contributed by atoms with Crippen molar-refractivity contribution in [2.24, 2.45) is 0 Å². The van der Waals surface area contributed by atoms with Crippen LogP contribution in [0.3, 0.4) is 0 Å². The summed E-state index contributed by atoms with van der Waals surface area (Å²) in [7, 11) is 0. The topological polar surface area (TPSA) is 25.2 Å². The lowest BCUT2D eigenvalue weighted by atomic mass is 9.71. The zero-order chi connectivity index (χ0) is 14.1. The van der Waals surface area contributed by atoms with Crippen LogP contribution >= 0.6 is 0 Å². The molecule has 1 aliphatic rings. The Labute approximate surface area is 121 Å². The number of rotatable bonds is 5. The third kappa shape index (κ3) is 2.29. The molecule has 1 aliphatic carbocycles. The van der Waals surface area contributed by atoms with Gasteiger partial charge in [0.1, 0.15) is 11.5 Å². The van der Waals surface area contributed by atoms with Crippen molar-refractivity contribution in [2.75, 3.05) is 6.54 Å². The van der Waals surface area contributed by atoms with Gasteiger partial charge in [0.05, 0.1) is 0 Å². The van der Waals surface area contributed by atoms with Crippen molar-refractivity contribution in [1.29, 1.82) is 0 Å². The van der Waals surface area contributed by atoms with Gasteiger partial charge in [-0.1, -0.05) is 31.2 Å². The highest BCUT2D eigenvalue weighted by atomic mass is 16.3. The highest BCUT2D eigenvalue weighted by molar-refractivity contribution is 5.43. The lowest BCUT2D eigenvalue weighted by molar-refractivity contribution is 0.402. The van der Waals surface area contributed by atoms with Crippen molar-refractivity contribution in [2.45, 2.75) is 45.6 Å². The smallest absolute Gasteiger partial charge is 0.105 e. The molecule has 2 heteroatoms. The Morgan fingerprint density at radius 1 is 1.30 bits per heavy atom. The highest BCUT2D eigenvalue weighted by Crippen LogP contribution is 2.44. The molecule has 2 aromatic rings. The highest BCUT2D eigenvalue weighted by Gasteiger charge is 2.34. The third-order valence-corrected chi connectivity index (χ3v) is 4.33. The second-order valence-corrected chi connectivity index (χ2v) is 5.81. The van der Waals surface area contributed by atoms with Crippen LogP contribution in [0, 0.1) is 13.8 Å². The van der Waals surface area contributed by atoms with Crippen LogP contribution in [0.25, 0.3) is 0 Å². The van der Waals surface area contributed by atoms with Crippen LogP contribution in [-0.2, 0) is 6.42 Å². The van der Waals surface area contributed by atoms with Gasteiger partial charge >= 0.3 is 0 Å². The Balaban J connectivity index is 1.90. The monoisotopic (exact) mass is 269 g/mol. The molecule has 0 saturated carbocycles. The first-order valence-electron chi connectivity index (χ1n) is 7.58. The minimum atomic E-state index is 0.377. The predicted molar refractivity (Wildman–Crippen MR) is 82.1 cm³/mol. The molecule has 0 bridgehead atoms. The maximum atomic E-state index is 5.74. The van der Waals surface area contributed by atoms with E-state index in [9.17, 15) is 0 Å². The third-order valence-electron chi connectivity index (χ3n) is 4.33. The second-order valence-electron chi connectivity index (χ2n) is 5.81. The van der Waals surface area contributed by atoms with Crippen molar-refractivity contribution in [3.8, 4) is 0 Å². The molecule has 0 amide bonds. The van der Waals surface area contributed by atoms with Crippen molar-refractivity contribution in [1.82, 2.24) is 5.32 Å². The standard InChI is InChI=1S/C18H23NO/c1-4-9-19-18(16-10-12(2)20-13(16)3)17-11-14-7-5-6-8-15(14)17/h5-8,10,17-19H,4,9,11H2,1-3H3. The number of hydrogen-bond acceptors (Lipinski definition) is 2. The van der Waals surface area contributed by atoms with Crippen molar-refractivity contribution >= 4 is 0 Å². The quantitative estimate of drug-likeness (QED) is 0.876. The molecule has 1 heterocycles. The minimum Gasteiger partial charge on any atom is -0.466 e.